The molecule has 0 bridgehead atoms. The van der Waals surface area contributed by atoms with Crippen LogP contribution < -0.4 is 9.47 Å². The van der Waals surface area contributed by atoms with Crippen molar-refractivity contribution in [3.63, 3.8) is 0 Å². The maximum Gasteiger partial charge on any atom is 0.263 e. The third-order valence-corrected chi connectivity index (χ3v) is 6.63. The average molecular weight is 422 g/mol. The molecule has 1 aliphatic rings. The van der Waals surface area contributed by atoms with Crippen molar-refractivity contribution in [2.45, 2.75) is 17.9 Å². The lowest BCUT2D eigenvalue weighted by molar-refractivity contribution is -0.139. The van der Waals surface area contributed by atoms with Crippen LogP contribution in [0.25, 0.3) is 0 Å². The van der Waals surface area contributed by atoms with Crippen molar-refractivity contribution in [2.24, 2.45) is 0 Å². The first-order valence-corrected chi connectivity index (χ1v) is 10.6. The molecule has 1 heterocycles. The van der Waals surface area contributed by atoms with Crippen molar-refractivity contribution in [3.8, 4) is 11.5 Å². The molecule has 0 aliphatic carbocycles. The molecule has 0 saturated carbocycles. The fraction of sp³-hybridized carbons (Fsp3) is 0.350. The maximum atomic E-state index is 13.0. The maximum absolute atomic E-state index is 13.0. The summed E-state index contributed by atoms with van der Waals surface area (Å²) >= 11 is 0. The van der Waals surface area contributed by atoms with Crippen LogP contribution in [-0.4, -0.2) is 62.9 Å². The van der Waals surface area contributed by atoms with Gasteiger partial charge in [0.25, 0.3) is 5.91 Å². The van der Waals surface area contributed by atoms with E-state index >= 15 is 0 Å². The van der Waals surface area contributed by atoms with Gasteiger partial charge in [0.1, 0.15) is 17.3 Å². The van der Waals surface area contributed by atoms with E-state index in [0.717, 1.165) is 0 Å². The van der Waals surface area contributed by atoms with Crippen molar-refractivity contribution in [1.82, 2.24) is 9.21 Å². The Hall–Kier alpha value is -2.65. The summed E-state index contributed by atoms with van der Waals surface area (Å²) in [7, 11) is -2.12. The summed E-state index contributed by atoms with van der Waals surface area (Å²) in [6, 6.07) is 11.6. The highest BCUT2D eigenvalue weighted by atomic mass is 32.2. The predicted molar refractivity (Wildman–Crippen MR) is 105 cm³/mol. The van der Waals surface area contributed by atoms with E-state index < -0.39 is 16.1 Å². The second kappa shape index (κ2) is 8.79. The van der Waals surface area contributed by atoms with E-state index in [1.54, 1.807) is 24.0 Å². The molecule has 0 N–H and O–H groups in total. The van der Waals surface area contributed by atoms with E-state index in [0.29, 0.717) is 11.5 Å². The number of carbonyl (C=O) groups excluding carboxylic acids is 1. The molecule has 9 heteroatoms. The van der Waals surface area contributed by atoms with Crippen LogP contribution in [0.2, 0.25) is 0 Å². The third-order valence-electron chi connectivity index (χ3n) is 4.72. The Kier molecular flexibility index (Phi) is 6.39. The molecule has 7 nitrogen and oxygen atoms in total. The molecule has 2 aromatic rings. The smallest absolute Gasteiger partial charge is 0.263 e. The van der Waals surface area contributed by atoms with E-state index in [4.69, 9.17) is 9.47 Å². The summed E-state index contributed by atoms with van der Waals surface area (Å²) in [6.45, 7) is 2.55. The van der Waals surface area contributed by atoms with E-state index in [1.807, 2.05) is 0 Å². The van der Waals surface area contributed by atoms with Crippen LogP contribution in [0.4, 0.5) is 4.39 Å². The molecule has 1 aliphatic heterocycles. The Morgan fingerprint density at radius 2 is 1.52 bits per heavy atom. The van der Waals surface area contributed by atoms with Crippen LogP contribution in [0.15, 0.2) is 53.4 Å². The second-order valence-corrected chi connectivity index (χ2v) is 8.56. The number of carbonyl (C=O) groups is 1. The second-order valence-electron chi connectivity index (χ2n) is 6.62. The molecule has 0 spiro atoms. The summed E-state index contributed by atoms with van der Waals surface area (Å²) in [5.41, 5.74) is 0. The lowest BCUT2D eigenvalue weighted by Crippen LogP contribution is -2.53. The molecule has 0 radical (unpaired) electrons. The number of rotatable bonds is 6. The first-order valence-electron chi connectivity index (χ1n) is 9.16. The summed E-state index contributed by atoms with van der Waals surface area (Å²) < 4.78 is 50.5. The summed E-state index contributed by atoms with van der Waals surface area (Å²) in [5, 5.41) is 0. The lowest BCUT2D eigenvalue weighted by Gasteiger charge is -2.35. The Bertz CT molecular complexity index is 940. The molecule has 1 amide bonds. The number of hydrogen-bond donors (Lipinski definition) is 0. The monoisotopic (exact) mass is 422 g/mol. The summed E-state index contributed by atoms with van der Waals surface area (Å²) in [6.07, 6.45) is -0.759. The number of benzene rings is 2. The Labute approximate surface area is 169 Å². The van der Waals surface area contributed by atoms with Crippen LogP contribution in [0, 0.1) is 5.82 Å². The quantitative estimate of drug-likeness (QED) is 0.713. The third kappa shape index (κ3) is 4.86. The Balaban J connectivity index is 1.58. The number of amides is 1. The van der Waals surface area contributed by atoms with Gasteiger partial charge in [-0.05, 0) is 55.5 Å². The molecule has 1 atom stereocenters. The van der Waals surface area contributed by atoms with Crippen molar-refractivity contribution in [1.29, 1.82) is 0 Å². The minimum absolute atomic E-state index is 0.186. The molecule has 29 heavy (non-hydrogen) atoms. The summed E-state index contributed by atoms with van der Waals surface area (Å²) in [5.74, 6) is 0.351. The van der Waals surface area contributed by atoms with Gasteiger partial charge in [0.2, 0.25) is 10.0 Å². The number of halogens is 1. The number of sulfonamides is 1. The van der Waals surface area contributed by atoms with Gasteiger partial charge in [0.05, 0.1) is 12.0 Å². The largest absolute Gasteiger partial charge is 0.497 e. The number of nitrogens with zero attached hydrogens (tertiary/aromatic N) is 2. The fourth-order valence-electron chi connectivity index (χ4n) is 3.07. The van der Waals surface area contributed by atoms with E-state index in [-0.39, 0.29) is 42.8 Å². The zero-order valence-electron chi connectivity index (χ0n) is 16.2. The number of hydrogen-bond acceptors (Lipinski definition) is 5. The van der Waals surface area contributed by atoms with Gasteiger partial charge in [-0.1, -0.05) is 0 Å². The van der Waals surface area contributed by atoms with Gasteiger partial charge in [-0.15, -0.1) is 0 Å². The topological polar surface area (TPSA) is 76.2 Å². The highest BCUT2D eigenvalue weighted by Crippen LogP contribution is 2.21. The molecule has 1 unspecified atom stereocenters. The fourth-order valence-corrected chi connectivity index (χ4v) is 4.49. The molecule has 1 fully saturated rings. The van der Waals surface area contributed by atoms with E-state index in [9.17, 15) is 17.6 Å². The van der Waals surface area contributed by atoms with E-state index in [1.165, 1.54) is 47.8 Å². The van der Waals surface area contributed by atoms with Gasteiger partial charge in [0.15, 0.2) is 6.10 Å². The zero-order valence-corrected chi connectivity index (χ0v) is 17.1. The highest BCUT2D eigenvalue weighted by Gasteiger charge is 2.32. The molecule has 2 aromatic carbocycles. The lowest BCUT2D eigenvalue weighted by atomic mass is 10.2. The SMILES string of the molecule is COc1ccc(S(=O)(=O)N2CCN(C(=O)C(C)Oc3ccc(F)cc3)CC2)cc1. The van der Waals surface area contributed by atoms with Crippen LogP contribution in [0.5, 0.6) is 11.5 Å². The first-order chi connectivity index (χ1) is 13.8. The van der Waals surface area contributed by atoms with Gasteiger partial charge in [-0.2, -0.15) is 4.31 Å². The van der Waals surface area contributed by atoms with Crippen LogP contribution in [0.3, 0.4) is 0 Å². The van der Waals surface area contributed by atoms with Crippen LogP contribution >= 0.6 is 0 Å². The standard InChI is InChI=1S/C20H23FN2O5S/c1-15(28-18-5-3-16(21)4-6-18)20(24)22-11-13-23(14-12-22)29(25,26)19-9-7-17(27-2)8-10-19/h3-10,15H,11-14H2,1-2H3. The molecular weight excluding hydrogens is 399 g/mol. The predicted octanol–water partition coefficient (Wildman–Crippen LogP) is 2.13. The van der Waals surface area contributed by atoms with Crippen molar-refractivity contribution in [3.05, 3.63) is 54.3 Å². The summed E-state index contributed by atoms with van der Waals surface area (Å²) in [4.78, 5) is 14.4. The first kappa shape index (κ1) is 21.1. The molecule has 0 aromatic heterocycles. The van der Waals surface area contributed by atoms with Crippen LogP contribution in [-0.2, 0) is 14.8 Å². The van der Waals surface area contributed by atoms with E-state index in [2.05, 4.69) is 0 Å². The van der Waals surface area contributed by atoms with Gasteiger partial charge < -0.3 is 14.4 Å². The van der Waals surface area contributed by atoms with Gasteiger partial charge in [0, 0.05) is 26.2 Å². The van der Waals surface area contributed by atoms with Gasteiger partial charge in [-0.3, -0.25) is 4.79 Å². The van der Waals surface area contributed by atoms with Gasteiger partial charge in [-0.25, -0.2) is 12.8 Å². The molecule has 3 rings (SSSR count). The minimum atomic E-state index is -3.64. The van der Waals surface area contributed by atoms with Crippen molar-refractivity contribution in [2.75, 3.05) is 33.3 Å². The molecule has 1 saturated heterocycles. The molecule has 156 valence electrons. The van der Waals surface area contributed by atoms with Gasteiger partial charge >= 0.3 is 0 Å². The number of ether oxygens (including phenoxy) is 2. The average Bonchev–Trinajstić information content (AvgIpc) is 2.75. The van der Waals surface area contributed by atoms with Crippen molar-refractivity contribution < 1.29 is 27.1 Å². The number of methoxy groups -OCH3 is 1. The zero-order chi connectivity index (χ0) is 21.0. The highest BCUT2D eigenvalue weighted by molar-refractivity contribution is 7.89. The van der Waals surface area contributed by atoms with Crippen molar-refractivity contribution >= 4 is 15.9 Å². The minimum Gasteiger partial charge on any atom is -0.497 e. The number of piperazine rings is 1. The Morgan fingerprint density at radius 1 is 0.966 bits per heavy atom. The Morgan fingerprint density at radius 3 is 2.07 bits per heavy atom. The normalized spacial score (nSPS) is 16.3. The molecular formula is C20H23FN2O5S. The van der Waals surface area contributed by atoms with Crippen LogP contribution in [0.1, 0.15) is 6.92 Å².